The maximum absolute atomic E-state index is 15.1. The first-order valence-electron chi connectivity index (χ1n) is 15.2. The minimum atomic E-state index is -4.58. The molecule has 0 saturated heterocycles. The zero-order chi connectivity index (χ0) is 28.0. The highest BCUT2D eigenvalue weighted by molar-refractivity contribution is 5.90. The van der Waals surface area contributed by atoms with E-state index in [2.05, 4.69) is 13.8 Å². The van der Waals surface area contributed by atoms with Gasteiger partial charge in [-0.2, -0.15) is 17.6 Å². The molecule has 0 bridgehead atoms. The van der Waals surface area contributed by atoms with Crippen LogP contribution in [0.15, 0.2) is 47.7 Å². The molecule has 6 heteroatoms. The minimum absolute atomic E-state index is 0.0797. The molecule has 4 rings (SSSR count). The first-order chi connectivity index (χ1) is 18.7. The largest absolute Gasteiger partial charge is 0.421 e. The van der Waals surface area contributed by atoms with Crippen molar-refractivity contribution in [1.29, 1.82) is 0 Å². The summed E-state index contributed by atoms with van der Waals surface area (Å²) in [5, 5.41) is 0. The summed E-state index contributed by atoms with van der Waals surface area (Å²) in [4.78, 5) is 12.7. The van der Waals surface area contributed by atoms with Gasteiger partial charge in [-0.3, -0.25) is 0 Å². The van der Waals surface area contributed by atoms with Crippen molar-refractivity contribution in [3.05, 3.63) is 58.9 Å². The van der Waals surface area contributed by atoms with Crippen molar-refractivity contribution < 1.29 is 27.1 Å². The zero-order valence-corrected chi connectivity index (χ0v) is 23.5. The highest BCUT2D eigenvalue weighted by Crippen LogP contribution is 2.52. The number of carbonyl (C=O) groups excluding carboxylic acids is 1. The number of ether oxygens (including phenoxy) is 1. The number of halogens is 4. The van der Waals surface area contributed by atoms with Crippen molar-refractivity contribution in [3.8, 4) is 0 Å². The highest BCUT2D eigenvalue weighted by Gasteiger charge is 2.65. The Morgan fingerprint density at radius 2 is 1.33 bits per heavy atom. The molecule has 2 nitrogen and oxygen atoms in total. The van der Waals surface area contributed by atoms with Crippen molar-refractivity contribution >= 4 is 5.97 Å². The van der Waals surface area contributed by atoms with Crippen LogP contribution < -0.4 is 0 Å². The number of hydrogen-bond donors (Lipinski definition) is 0. The van der Waals surface area contributed by atoms with Crippen LogP contribution in [-0.2, 0) is 4.74 Å². The lowest BCUT2D eigenvalue weighted by Gasteiger charge is -2.38. The molecule has 3 aliphatic rings. The molecule has 1 aromatic carbocycles. The van der Waals surface area contributed by atoms with E-state index in [1.54, 1.807) is 12.1 Å². The Hall–Kier alpha value is -2.11. The predicted molar refractivity (Wildman–Crippen MR) is 147 cm³/mol. The van der Waals surface area contributed by atoms with E-state index < -0.39 is 35.1 Å². The molecular weight excluding hydrogens is 504 g/mol. The normalized spacial score (nSPS) is 28.4. The number of allylic oxidation sites excluding steroid dienone is 4. The smallest absolute Gasteiger partial charge is 0.370 e. The second-order valence-electron chi connectivity index (χ2n) is 12.0. The Labute approximate surface area is 231 Å². The van der Waals surface area contributed by atoms with Crippen LogP contribution in [0.25, 0.3) is 0 Å². The molecule has 0 heterocycles. The van der Waals surface area contributed by atoms with Crippen LogP contribution in [0, 0.1) is 17.8 Å². The number of hydrogen-bond acceptors (Lipinski definition) is 2. The standard InChI is InChI=1S/C33H44F4O2/c1-3-5-6-8-24-9-13-25(14-10-24)26-17-19-28(20-18-26)31(38)39-30-22-21-29(32(34,35)33(30,36)37)27-15-11-23(7-4-2)12-16-27/h17-25,27H,3-16H2,1-2H3. The van der Waals surface area contributed by atoms with E-state index >= 15 is 17.6 Å². The fraction of sp³-hybridized carbons (Fsp3) is 0.667. The monoisotopic (exact) mass is 548 g/mol. The first kappa shape index (κ1) is 29.9. The zero-order valence-electron chi connectivity index (χ0n) is 23.5. The number of esters is 1. The van der Waals surface area contributed by atoms with E-state index in [0.29, 0.717) is 24.7 Å². The Bertz CT molecular complexity index is 1010. The summed E-state index contributed by atoms with van der Waals surface area (Å²) in [6.07, 6.45) is 16.2. The van der Waals surface area contributed by atoms with Gasteiger partial charge in [-0.1, -0.05) is 70.6 Å². The van der Waals surface area contributed by atoms with Crippen LogP contribution in [0.3, 0.4) is 0 Å². The number of benzene rings is 1. The van der Waals surface area contributed by atoms with E-state index in [0.717, 1.165) is 62.2 Å². The molecule has 0 spiro atoms. The number of carbonyl (C=O) groups is 1. The van der Waals surface area contributed by atoms with Crippen LogP contribution in [0.2, 0.25) is 0 Å². The molecule has 1 aromatic rings. The van der Waals surface area contributed by atoms with Crippen LogP contribution in [-0.4, -0.2) is 17.8 Å². The molecule has 39 heavy (non-hydrogen) atoms. The molecule has 3 aliphatic carbocycles. The molecule has 0 aromatic heterocycles. The Morgan fingerprint density at radius 3 is 1.92 bits per heavy atom. The maximum Gasteiger partial charge on any atom is 0.370 e. The van der Waals surface area contributed by atoms with Gasteiger partial charge in [0.25, 0.3) is 0 Å². The first-order valence-corrected chi connectivity index (χ1v) is 15.2. The summed E-state index contributed by atoms with van der Waals surface area (Å²) in [5.74, 6) is -10.2. The van der Waals surface area contributed by atoms with Gasteiger partial charge >= 0.3 is 17.8 Å². The fourth-order valence-corrected chi connectivity index (χ4v) is 6.89. The van der Waals surface area contributed by atoms with E-state index in [1.807, 2.05) is 12.1 Å². The van der Waals surface area contributed by atoms with Crippen molar-refractivity contribution in [1.82, 2.24) is 0 Å². The van der Waals surface area contributed by atoms with Gasteiger partial charge in [0.2, 0.25) is 0 Å². The van der Waals surface area contributed by atoms with Gasteiger partial charge in [-0.25, -0.2) is 4.79 Å². The summed E-state index contributed by atoms with van der Waals surface area (Å²) in [6.45, 7) is 4.31. The van der Waals surface area contributed by atoms with Crippen molar-refractivity contribution in [2.75, 3.05) is 0 Å². The number of rotatable bonds is 10. The number of unbranched alkanes of at least 4 members (excludes halogenated alkanes) is 2. The van der Waals surface area contributed by atoms with Gasteiger partial charge in [-0.15, -0.1) is 0 Å². The summed E-state index contributed by atoms with van der Waals surface area (Å²) in [5.41, 5.74) is 0.663. The Morgan fingerprint density at radius 1 is 0.744 bits per heavy atom. The minimum Gasteiger partial charge on any atom is -0.421 e. The third kappa shape index (κ3) is 6.79. The van der Waals surface area contributed by atoms with Gasteiger partial charge in [0.05, 0.1) is 5.56 Å². The SMILES string of the molecule is CCCCCC1CCC(c2ccc(C(=O)OC3=CC=C(C4CCC(CCC)CC4)C(F)(F)C3(F)F)cc2)CC1. The summed E-state index contributed by atoms with van der Waals surface area (Å²) < 4.78 is 65.2. The van der Waals surface area contributed by atoms with Crippen molar-refractivity contribution in [2.24, 2.45) is 17.8 Å². The van der Waals surface area contributed by atoms with Crippen LogP contribution in [0.1, 0.15) is 126 Å². The Balaban J connectivity index is 1.37. The molecule has 216 valence electrons. The van der Waals surface area contributed by atoms with Gasteiger partial charge in [0.1, 0.15) is 0 Å². The van der Waals surface area contributed by atoms with E-state index in [9.17, 15) is 4.79 Å². The lowest BCUT2D eigenvalue weighted by molar-refractivity contribution is -0.185. The molecule has 2 fully saturated rings. The quantitative estimate of drug-likeness (QED) is 0.165. The third-order valence-corrected chi connectivity index (χ3v) is 9.35. The lowest BCUT2D eigenvalue weighted by Crippen LogP contribution is -2.48. The highest BCUT2D eigenvalue weighted by atomic mass is 19.3. The number of alkyl halides is 4. The second kappa shape index (κ2) is 13.0. The van der Waals surface area contributed by atoms with Crippen LogP contribution >= 0.6 is 0 Å². The maximum atomic E-state index is 15.1. The molecule has 0 atom stereocenters. The summed E-state index contributed by atoms with van der Waals surface area (Å²) >= 11 is 0. The lowest BCUT2D eigenvalue weighted by atomic mass is 9.73. The van der Waals surface area contributed by atoms with E-state index in [4.69, 9.17) is 4.74 Å². The molecule has 0 N–H and O–H groups in total. The predicted octanol–water partition coefficient (Wildman–Crippen LogP) is 10.4. The van der Waals surface area contributed by atoms with Gasteiger partial charge in [-0.05, 0) is 98.8 Å². The van der Waals surface area contributed by atoms with Crippen LogP contribution in [0.5, 0.6) is 0 Å². The average Bonchev–Trinajstić information content (AvgIpc) is 2.93. The molecule has 0 amide bonds. The van der Waals surface area contributed by atoms with Crippen molar-refractivity contribution in [2.45, 2.75) is 122 Å². The summed E-state index contributed by atoms with van der Waals surface area (Å²) in [6, 6.07) is 6.79. The average molecular weight is 549 g/mol. The molecule has 0 radical (unpaired) electrons. The molecule has 0 unspecified atom stereocenters. The van der Waals surface area contributed by atoms with E-state index in [-0.39, 0.29) is 5.56 Å². The molecule has 0 aliphatic heterocycles. The van der Waals surface area contributed by atoms with Gasteiger partial charge < -0.3 is 4.74 Å². The fourth-order valence-electron chi connectivity index (χ4n) is 6.89. The molecule has 2 saturated carbocycles. The van der Waals surface area contributed by atoms with Crippen LogP contribution in [0.4, 0.5) is 17.6 Å². The topological polar surface area (TPSA) is 26.3 Å². The second-order valence-corrected chi connectivity index (χ2v) is 12.0. The van der Waals surface area contributed by atoms with Crippen molar-refractivity contribution in [3.63, 3.8) is 0 Å². The van der Waals surface area contributed by atoms with Gasteiger partial charge in [0.15, 0.2) is 5.76 Å². The van der Waals surface area contributed by atoms with E-state index in [1.165, 1.54) is 38.5 Å². The van der Waals surface area contributed by atoms with Gasteiger partial charge in [0, 0.05) is 5.57 Å². The molecular formula is C33H44F4O2. The third-order valence-electron chi connectivity index (χ3n) is 9.35. The Kier molecular flexibility index (Phi) is 9.98. The summed E-state index contributed by atoms with van der Waals surface area (Å²) in [7, 11) is 0.